The molecule has 20 nitrogen and oxygen atoms in total. The first-order valence-corrected chi connectivity index (χ1v) is 14.8. The average molecular weight is 657 g/mol. The molecule has 1 heterocycles. The van der Waals surface area contributed by atoms with E-state index in [4.69, 9.17) is 34.4 Å². The molecule has 6 atom stereocenters. The van der Waals surface area contributed by atoms with E-state index in [9.17, 15) is 39.0 Å². The zero-order valence-corrected chi connectivity index (χ0v) is 25.9. The summed E-state index contributed by atoms with van der Waals surface area (Å²) in [6.07, 6.45) is -0.534. The molecule has 1 aliphatic heterocycles. The van der Waals surface area contributed by atoms with Gasteiger partial charge in [0, 0.05) is 26.1 Å². The monoisotopic (exact) mass is 656 g/mol. The van der Waals surface area contributed by atoms with Gasteiger partial charge >= 0.3 is 5.97 Å². The molecule has 0 spiro atoms. The zero-order chi connectivity index (χ0) is 35.0. The fourth-order valence-electron chi connectivity index (χ4n) is 4.64. The minimum absolute atomic E-state index is 0.0341. The van der Waals surface area contributed by atoms with Gasteiger partial charge in [0.1, 0.15) is 24.2 Å². The van der Waals surface area contributed by atoms with Crippen LogP contribution in [0.5, 0.6) is 0 Å². The summed E-state index contributed by atoms with van der Waals surface area (Å²) in [6, 6.07) is -6.29. The zero-order valence-electron chi connectivity index (χ0n) is 25.9. The minimum atomic E-state index is -1.53. The Balaban J connectivity index is 3.06. The molecule has 0 radical (unpaired) electrons. The van der Waals surface area contributed by atoms with Crippen LogP contribution in [0.25, 0.3) is 0 Å². The number of carboxylic acid groups (broad SMARTS) is 1. The van der Waals surface area contributed by atoms with Gasteiger partial charge in [0.15, 0.2) is 11.9 Å². The Labute approximate surface area is 266 Å². The molecule has 46 heavy (non-hydrogen) atoms. The van der Waals surface area contributed by atoms with E-state index in [1.165, 1.54) is 6.92 Å². The number of aliphatic carboxylic acids is 1. The number of carboxylic acids is 1. The predicted molar refractivity (Wildman–Crippen MR) is 166 cm³/mol. The van der Waals surface area contributed by atoms with Crippen molar-refractivity contribution in [3.05, 3.63) is 0 Å². The van der Waals surface area contributed by atoms with Crippen molar-refractivity contribution in [3.63, 3.8) is 0 Å². The molecule has 17 N–H and O–H groups in total. The number of aliphatic hydroxyl groups excluding tert-OH is 1. The van der Waals surface area contributed by atoms with E-state index >= 15 is 0 Å². The van der Waals surface area contributed by atoms with E-state index < -0.39 is 71.8 Å². The number of amides is 5. The number of primary amides is 1. The van der Waals surface area contributed by atoms with Crippen molar-refractivity contribution >= 4 is 47.4 Å². The van der Waals surface area contributed by atoms with Gasteiger partial charge in [-0.05, 0) is 51.9 Å². The standard InChI is InChI=1S/C26H48N12O8/c1-13(39)19(23(44)38-12-4-7-17(38)22(43)36-16(24(45)46)8-9-18(28)40)37-21(42)15(6-3-11-34-26(31)32)35-20(41)14(27)5-2-10-33-25(29)30/h13-17,19,39H,2-12,27H2,1H3,(H2,28,40)(H,35,41)(H,36,43)(H,37,42)(H,45,46)(H4,29,30,33)(H4,31,32,34). The molecule has 1 fully saturated rings. The maximum atomic E-state index is 13.6. The van der Waals surface area contributed by atoms with Crippen LogP contribution in [0.1, 0.15) is 58.3 Å². The van der Waals surface area contributed by atoms with Crippen LogP contribution >= 0.6 is 0 Å². The van der Waals surface area contributed by atoms with E-state index in [2.05, 4.69) is 25.9 Å². The van der Waals surface area contributed by atoms with Gasteiger partial charge in [-0.15, -0.1) is 0 Å². The van der Waals surface area contributed by atoms with Gasteiger partial charge < -0.3 is 65.5 Å². The topological polar surface area (TPSA) is 363 Å². The number of nitrogens with one attached hydrogen (secondary N) is 3. The molecule has 0 aromatic heterocycles. The number of hydrogen-bond acceptors (Lipinski definition) is 10. The van der Waals surface area contributed by atoms with Crippen molar-refractivity contribution in [2.75, 3.05) is 19.6 Å². The SMILES string of the molecule is CC(O)C(NC(=O)C(CCCN=C(N)N)NC(=O)C(N)CCCN=C(N)N)C(=O)N1CCCC1C(=O)NC(CCC(N)=O)C(=O)O. The second-order valence-corrected chi connectivity index (χ2v) is 10.9. The van der Waals surface area contributed by atoms with Crippen LogP contribution in [0, 0.1) is 0 Å². The number of aliphatic hydroxyl groups is 1. The number of hydrogen-bond donors (Lipinski definition) is 11. The second kappa shape index (κ2) is 19.6. The molecule has 1 rings (SSSR count). The predicted octanol–water partition coefficient (Wildman–Crippen LogP) is -5.40. The summed E-state index contributed by atoms with van der Waals surface area (Å²) >= 11 is 0. The molecule has 1 saturated heterocycles. The Hall–Kier alpha value is -4.72. The molecule has 6 unspecified atom stereocenters. The summed E-state index contributed by atoms with van der Waals surface area (Å²) in [5, 5.41) is 27.3. The largest absolute Gasteiger partial charge is 0.480 e. The van der Waals surface area contributed by atoms with Crippen LogP contribution in [-0.4, -0.2) is 118 Å². The molecule has 20 heteroatoms. The van der Waals surface area contributed by atoms with Crippen LogP contribution in [0.15, 0.2) is 9.98 Å². The van der Waals surface area contributed by atoms with Crippen LogP contribution in [0.2, 0.25) is 0 Å². The lowest BCUT2D eigenvalue weighted by atomic mass is 10.1. The highest BCUT2D eigenvalue weighted by Crippen LogP contribution is 2.20. The molecule has 0 aromatic rings. The van der Waals surface area contributed by atoms with Gasteiger partial charge in [-0.2, -0.15) is 0 Å². The molecule has 1 aliphatic rings. The van der Waals surface area contributed by atoms with Crippen LogP contribution in [-0.2, 0) is 28.8 Å². The minimum Gasteiger partial charge on any atom is -0.480 e. The lowest BCUT2D eigenvalue weighted by molar-refractivity contribution is -0.146. The van der Waals surface area contributed by atoms with Crippen molar-refractivity contribution in [3.8, 4) is 0 Å². The van der Waals surface area contributed by atoms with Crippen molar-refractivity contribution in [1.82, 2.24) is 20.9 Å². The smallest absolute Gasteiger partial charge is 0.326 e. The molecule has 0 aliphatic carbocycles. The third-order valence-corrected chi connectivity index (χ3v) is 7.06. The summed E-state index contributed by atoms with van der Waals surface area (Å²) in [4.78, 5) is 84.3. The van der Waals surface area contributed by atoms with Crippen molar-refractivity contribution < 1.29 is 39.0 Å². The van der Waals surface area contributed by atoms with E-state index in [1.807, 2.05) is 0 Å². The molecular formula is C26H48N12O8. The first kappa shape index (κ1) is 39.3. The molecule has 0 aromatic carbocycles. The fourth-order valence-corrected chi connectivity index (χ4v) is 4.64. The average Bonchev–Trinajstić information content (AvgIpc) is 3.46. The van der Waals surface area contributed by atoms with E-state index in [0.29, 0.717) is 12.8 Å². The Kier molecular flexibility index (Phi) is 16.8. The first-order valence-electron chi connectivity index (χ1n) is 14.8. The Morgan fingerprint density at radius 1 is 0.848 bits per heavy atom. The summed E-state index contributed by atoms with van der Waals surface area (Å²) < 4.78 is 0. The summed E-state index contributed by atoms with van der Waals surface area (Å²) in [5.74, 6) is -5.47. The Morgan fingerprint density at radius 3 is 1.96 bits per heavy atom. The molecule has 260 valence electrons. The molecular weight excluding hydrogens is 608 g/mol. The highest BCUT2D eigenvalue weighted by molar-refractivity contribution is 5.96. The molecule has 0 saturated carbocycles. The van der Waals surface area contributed by atoms with Crippen LogP contribution in [0.3, 0.4) is 0 Å². The van der Waals surface area contributed by atoms with Gasteiger partial charge in [0.25, 0.3) is 0 Å². The number of rotatable bonds is 20. The lowest BCUT2D eigenvalue weighted by Gasteiger charge is -2.31. The Bertz CT molecular complexity index is 1140. The summed E-state index contributed by atoms with van der Waals surface area (Å²) in [6.45, 7) is 1.72. The third kappa shape index (κ3) is 13.9. The maximum absolute atomic E-state index is 13.6. The molecule has 0 bridgehead atoms. The highest BCUT2D eigenvalue weighted by Gasteiger charge is 2.41. The molecule has 5 amide bonds. The number of nitrogens with zero attached hydrogens (tertiary/aromatic N) is 3. The number of nitrogens with two attached hydrogens (primary N) is 6. The fraction of sp³-hybridized carbons (Fsp3) is 0.692. The van der Waals surface area contributed by atoms with Gasteiger partial charge in [0.2, 0.25) is 29.5 Å². The number of likely N-dealkylation sites (tertiary alicyclic amines) is 1. The lowest BCUT2D eigenvalue weighted by Crippen LogP contribution is -2.60. The highest BCUT2D eigenvalue weighted by atomic mass is 16.4. The number of guanidine groups is 2. The quantitative estimate of drug-likeness (QED) is 0.0331. The van der Waals surface area contributed by atoms with Gasteiger partial charge in [-0.25, -0.2) is 4.79 Å². The summed E-state index contributed by atoms with van der Waals surface area (Å²) in [5.41, 5.74) is 32.3. The second-order valence-electron chi connectivity index (χ2n) is 10.9. The number of aliphatic imine (C=N–C) groups is 2. The van der Waals surface area contributed by atoms with Crippen molar-refractivity contribution in [2.24, 2.45) is 44.4 Å². The van der Waals surface area contributed by atoms with E-state index in [-0.39, 0.29) is 70.1 Å². The Morgan fingerprint density at radius 2 is 1.43 bits per heavy atom. The van der Waals surface area contributed by atoms with Gasteiger partial charge in [0.05, 0.1) is 12.1 Å². The van der Waals surface area contributed by atoms with Crippen LogP contribution < -0.4 is 50.4 Å². The normalized spacial score (nSPS) is 17.4. The summed E-state index contributed by atoms with van der Waals surface area (Å²) in [7, 11) is 0. The third-order valence-electron chi connectivity index (χ3n) is 7.06. The van der Waals surface area contributed by atoms with Gasteiger partial charge in [-0.1, -0.05) is 0 Å². The van der Waals surface area contributed by atoms with Crippen molar-refractivity contribution in [1.29, 1.82) is 0 Å². The van der Waals surface area contributed by atoms with Crippen LogP contribution in [0.4, 0.5) is 0 Å². The van der Waals surface area contributed by atoms with Crippen molar-refractivity contribution in [2.45, 2.75) is 94.6 Å². The number of carbonyl (C=O) groups excluding carboxylic acids is 5. The first-order chi connectivity index (χ1) is 21.5. The van der Waals surface area contributed by atoms with Gasteiger partial charge in [-0.3, -0.25) is 34.0 Å². The maximum Gasteiger partial charge on any atom is 0.326 e. The van der Waals surface area contributed by atoms with E-state index in [0.717, 1.165) is 4.90 Å². The number of carbonyl (C=O) groups is 6. The van der Waals surface area contributed by atoms with E-state index in [1.54, 1.807) is 0 Å².